The molecule has 80 valence electrons. The average Bonchev–Trinajstić information content (AvgIpc) is 2.26. The van der Waals surface area contributed by atoms with Crippen molar-refractivity contribution in [2.45, 2.75) is 26.8 Å². The summed E-state index contributed by atoms with van der Waals surface area (Å²) in [5, 5.41) is 2.55. The van der Waals surface area contributed by atoms with Gasteiger partial charge in [0.15, 0.2) is 0 Å². The van der Waals surface area contributed by atoms with E-state index in [0.717, 1.165) is 12.0 Å². The maximum Gasteiger partial charge on any atom is 0.287 e. The van der Waals surface area contributed by atoms with Crippen LogP contribution in [-0.4, -0.2) is 11.7 Å². The molecule has 1 N–H and O–H groups in total. The number of benzene rings is 1. The van der Waals surface area contributed by atoms with E-state index >= 15 is 0 Å². The van der Waals surface area contributed by atoms with Crippen LogP contribution in [0.2, 0.25) is 0 Å². The Labute approximate surface area is 89.5 Å². The summed E-state index contributed by atoms with van der Waals surface area (Å²) in [6.45, 7) is 3.75. The first-order chi connectivity index (χ1) is 7.13. The van der Waals surface area contributed by atoms with Gasteiger partial charge in [0.1, 0.15) is 0 Å². The monoisotopic (exact) mass is 205 g/mol. The molecule has 1 aromatic rings. The van der Waals surface area contributed by atoms with E-state index < -0.39 is 11.7 Å². The van der Waals surface area contributed by atoms with Crippen LogP contribution in [0, 0.1) is 0 Å². The maximum atomic E-state index is 11.0. The van der Waals surface area contributed by atoms with E-state index in [1.165, 1.54) is 12.5 Å². The third-order valence-electron chi connectivity index (χ3n) is 2.20. The van der Waals surface area contributed by atoms with Gasteiger partial charge in [-0.15, -0.1) is 0 Å². The highest BCUT2D eigenvalue weighted by Crippen LogP contribution is 2.04. The molecule has 3 heteroatoms. The molecule has 0 aliphatic carbocycles. The zero-order valence-corrected chi connectivity index (χ0v) is 9.04. The number of Topliss-reactive ketones (excluding diaryl/α,β-unsaturated/α-hetero) is 1. The summed E-state index contributed by atoms with van der Waals surface area (Å²) >= 11 is 0. The Bertz CT molecular complexity index is 354. The second-order valence-electron chi connectivity index (χ2n) is 3.41. The fraction of sp³-hybridized carbons (Fsp3) is 0.333. The molecule has 0 unspecified atom stereocenters. The van der Waals surface area contributed by atoms with E-state index in [2.05, 4.69) is 12.2 Å². The van der Waals surface area contributed by atoms with Crippen molar-refractivity contribution >= 4 is 11.7 Å². The van der Waals surface area contributed by atoms with E-state index in [-0.39, 0.29) is 0 Å². The highest BCUT2D eigenvalue weighted by Gasteiger charge is 2.05. The smallest absolute Gasteiger partial charge is 0.287 e. The largest absolute Gasteiger partial charge is 0.345 e. The van der Waals surface area contributed by atoms with Gasteiger partial charge in [0.05, 0.1) is 0 Å². The normalized spacial score (nSPS) is 9.73. The van der Waals surface area contributed by atoms with E-state index in [0.29, 0.717) is 6.54 Å². The summed E-state index contributed by atoms with van der Waals surface area (Å²) in [4.78, 5) is 21.6. The molecule has 0 saturated heterocycles. The van der Waals surface area contributed by atoms with Crippen molar-refractivity contribution in [1.29, 1.82) is 0 Å². The third-order valence-corrected chi connectivity index (χ3v) is 2.20. The minimum absolute atomic E-state index is 0.405. The molecular formula is C12H15NO2. The topological polar surface area (TPSA) is 46.2 Å². The molecule has 0 fully saturated rings. The van der Waals surface area contributed by atoms with Crippen LogP contribution in [0.15, 0.2) is 24.3 Å². The molecule has 0 atom stereocenters. The van der Waals surface area contributed by atoms with Gasteiger partial charge in [-0.25, -0.2) is 0 Å². The van der Waals surface area contributed by atoms with Crippen molar-refractivity contribution in [3.05, 3.63) is 35.4 Å². The number of hydrogen-bond acceptors (Lipinski definition) is 2. The molecule has 0 aliphatic heterocycles. The van der Waals surface area contributed by atoms with Crippen LogP contribution in [0.3, 0.4) is 0 Å². The number of aryl methyl sites for hydroxylation is 1. The van der Waals surface area contributed by atoms with Crippen LogP contribution < -0.4 is 5.32 Å². The second-order valence-corrected chi connectivity index (χ2v) is 3.41. The highest BCUT2D eigenvalue weighted by atomic mass is 16.2. The molecule has 0 bridgehead atoms. The van der Waals surface area contributed by atoms with Crippen LogP contribution in [-0.2, 0) is 22.6 Å². The number of ketones is 1. The van der Waals surface area contributed by atoms with Crippen LogP contribution in [0.25, 0.3) is 0 Å². The fourth-order valence-corrected chi connectivity index (χ4v) is 1.20. The summed E-state index contributed by atoms with van der Waals surface area (Å²) in [6.07, 6.45) is 1.00. The zero-order valence-electron chi connectivity index (χ0n) is 9.04. The Morgan fingerprint density at radius 3 is 2.13 bits per heavy atom. The Kier molecular flexibility index (Phi) is 4.03. The molecule has 1 aromatic carbocycles. The van der Waals surface area contributed by atoms with Crippen molar-refractivity contribution < 1.29 is 9.59 Å². The van der Waals surface area contributed by atoms with Gasteiger partial charge >= 0.3 is 0 Å². The van der Waals surface area contributed by atoms with Gasteiger partial charge in [-0.05, 0) is 17.5 Å². The number of amides is 1. The van der Waals surface area contributed by atoms with Gasteiger partial charge < -0.3 is 5.32 Å². The van der Waals surface area contributed by atoms with Gasteiger partial charge in [-0.1, -0.05) is 31.2 Å². The van der Waals surface area contributed by atoms with Crippen LogP contribution >= 0.6 is 0 Å². The first-order valence-electron chi connectivity index (χ1n) is 5.00. The number of hydrogen-bond donors (Lipinski definition) is 1. The average molecular weight is 205 g/mol. The number of carbonyl (C=O) groups is 2. The molecule has 3 nitrogen and oxygen atoms in total. The summed E-state index contributed by atoms with van der Waals surface area (Å²) in [6, 6.07) is 7.96. The van der Waals surface area contributed by atoms with Crippen LogP contribution in [0.5, 0.6) is 0 Å². The molecule has 15 heavy (non-hydrogen) atoms. The summed E-state index contributed by atoms with van der Waals surface area (Å²) < 4.78 is 0. The molecule has 0 spiro atoms. The molecule has 0 radical (unpaired) electrons. The first-order valence-corrected chi connectivity index (χ1v) is 5.00. The molecule has 0 saturated carbocycles. The molecule has 0 aliphatic rings. The highest BCUT2D eigenvalue weighted by molar-refractivity contribution is 6.35. The van der Waals surface area contributed by atoms with E-state index in [9.17, 15) is 9.59 Å². The Balaban J connectivity index is 2.51. The van der Waals surface area contributed by atoms with Crippen LogP contribution in [0.1, 0.15) is 25.0 Å². The maximum absolute atomic E-state index is 11.0. The van der Waals surface area contributed by atoms with E-state index in [1.807, 2.05) is 24.3 Å². The Morgan fingerprint density at radius 2 is 1.67 bits per heavy atom. The first kappa shape index (κ1) is 11.4. The van der Waals surface area contributed by atoms with Crippen molar-refractivity contribution in [3.8, 4) is 0 Å². The van der Waals surface area contributed by atoms with Gasteiger partial charge in [-0.2, -0.15) is 0 Å². The van der Waals surface area contributed by atoms with Crippen molar-refractivity contribution in [1.82, 2.24) is 5.32 Å². The van der Waals surface area contributed by atoms with E-state index in [4.69, 9.17) is 0 Å². The second kappa shape index (κ2) is 5.29. The molecule has 0 heterocycles. The Morgan fingerprint density at radius 1 is 1.13 bits per heavy atom. The molecule has 1 rings (SSSR count). The lowest BCUT2D eigenvalue weighted by Crippen LogP contribution is -2.28. The summed E-state index contributed by atoms with van der Waals surface area (Å²) in [5.41, 5.74) is 2.26. The number of nitrogens with one attached hydrogen (secondary N) is 1. The van der Waals surface area contributed by atoms with Gasteiger partial charge in [0.25, 0.3) is 5.91 Å². The standard InChI is InChI=1S/C12H15NO2/c1-3-10-4-6-11(7-5-10)8-13-12(15)9(2)14/h4-7H,3,8H2,1-2H3,(H,13,15). The zero-order chi connectivity index (χ0) is 11.3. The number of carbonyl (C=O) groups excluding carboxylic acids is 2. The van der Waals surface area contributed by atoms with Gasteiger partial charge in [0, 0.05) is 13.5 Å². The predicted octanol–water partition coefficient (Wildman–Crippen LogP) is 1.45. The minimum Gasteiger partial charge on any atom is -0.345 e. The lowest BCUT2D eigenvalue weighted by atomic mass is 10.1. The fourth-order valence-electron chi connectivity index (χ4n) is 1.20. The number of rotatable bonds is 4. The lowest BCUT2D eigenvalue weighted by Gasteiger charge is -2.03. The van der Waals surface area contributed by atoms with Crippen molar-refractivity contribution in [3.63, 3.8) is 0 Å². The van der Waals surface area contributed by atoms with Crippen molar-refractivity contribution in [2.75, 3.05) is 0 Å². The minimum atomic E-state index is -0.533. The summed E-state index contributed by atoms with van der Waals surface area (Å²) in [5.74, 6) is -0.991. The van der Waals surface area contributed by atoms with Gasteiger partial charge in [0.2, 0.25) is 5.78 Å². The van der Waals surface area contributed by atoms with E-state index in [1.54, 1.807) is 0 Å². The quantitative estimate of drug-likeness (QED) is 0.756. The lowest BCUT2D eigenvalue weighted by molar-refractivity contribution is -0.136. The molecule has 1 amide bonds. The van der Waals surface area contributed by atoms with Gasteiger partial charge in [-0.3, -0.25) is 9.59 Å². The SMILES string of the molecule is CCc1ccc(CNC(=O)C(C)=O)cc1. The molecule has 0 aromatic heterocycles. The summed E-state index contributed by atoms with van der Waals surface area (Å²) in [7, 11) is 0. The van der Waals surface area contributed by atoms with Crippen LogP contribution in [0.4, 0.5) is 0 Å². The van der Waals surface area contributed by atoms with Crippen molar-refractivity contribution in [2.24, 2.45) is 0 Å². The molecular weight excluding hydrogens is 190 g/mol. The third kappa shape index (κ3) is 3.54. The predicted molar refractivity (Wildman–Crippen MR) is 58.3 cm³/mol. The Hall–Kier alpha value is -1.64.